The normalized spacial score (nSPS) is 19.2. The fourth-order valence-corrected chi connectivity index (χ4v) is 4.73. The molecule has 4 heteroatoms. The number of halogens is 1. The first-order valence-electron chi connectivity index (χ1n) is 8.48. The van der Waals surface area contributed by atoms with Gasteiger partial charge >= 0.3 is 0 Å². The molecule has 2 heterocycles. The Morgan fingerprint density at radius 1 is 1.08 bits per heavy atom. The summed E-state index contributed by atoms with van der Waals surface area (Å²) in [5.74, 6) is 1.18. The third kappa shape index (κ3) is 2.52. The average molecular weight is 395 g/mol. The molecule has 1 aliphatic heterocycles. The van der Waals surface area contributed by atoms with Gasteiger partial charge in [0, 0.05) is 12.2 Å². The Kier molecular flexibility index (Phi) is 4.22. The predicted molar refractivity (Wildman–Crippen MR) is 107 cm³/mol. The fraction of sp³-hybridized carbons (Fsp3) is 0.190. The maximum atomic E-state index is 3.96. The highest BCUT2D eigenvalue weighted by Crippen LogP contribution is 2.51. The number of H-pyrrole nitrogens is 1. The third-order valence-corrected chi connectivity index (χ3v) is 5.82. The van der Waals surface area contributed by atoms with Crippen molar-refractivity contribution in [1.82, 2.24) is 4.98 Å². The van der Waals surface area contributed by atoms with Gasteiger partial charge in [-0.1, -0.05) is 65.0 Å². The number of anilines is 1. The quantitative estimate of drug-likeness (QED) is 0.374. The molecule has 0 aliphatic carbocycles. The van der Waals surface area contributed by atoms with Gasteiger partial charge in [-0.3, -0.25) is 0 Å². The highest BCUT2D eigenvalue weighted by Gasteiger charge is 2.43. The summed E-state index contributed by atoms with van der Waals surface area (Å²) in [5, 5.41) is 0. The number of alkyl halides is 1. The average Bonchev–Trinajstić information content (AvgIpc) is 3.12. The SMILES string of the molecule is C=CCN1c2ccccc2C(Br)C1c1[nH]c2ccccc2[n+]1CC=C. The number of hydrogen-bond acceptors (Lipinski definition) is 1. The number of allylic oxidation sites excluding steroid dienone is 1. The van der Waals surface area contributed by atoms with Crippen LogP contribution in [0.25, 0.3) is 11.0 Å². The molecule has 126 valence electrons. The van der Waals surface area contributed by atoms with Crippen LogP contribution >= 0.6 is 15.9 Å². The Morgan fingerprint density at radius 3 is 2.64 bits per heavy atom. The van der Waals surface area contributed by atoms with Gasteiger partial charge in [-0.2, -0.15) is 0 Å². The molecule has 0 fully saturated rings. The van der Waals surface area contributed by atoms with Gasteiger partial charge in [0.2, 0.25) is 0 Å². The van der Waals surface area contributed by atoms with E-state index in [0.29, 0.717) is 0 Å². The predicted octanol–water partition coefficient (Wildman–Crippen LogP) is 4.82. The smallest absolute Gasteiger partial charge is 0.280 e. The number of rotatable bonds is 5. The maximum absolute atomic E-state index is 3.96. The molecule has 3 nitrogen and oxygen atoms in total. The molecule has 0 bridgehead atoms. The molecule has 1 N–H and O–H groups in total. The van der Waals surface area contributed by atoms with E-state index in [-0.39, 0.29) is 10.9 Å². The molecule has 0 radical (unpaired) electrons. The number of imidazole rings is 1. The minimum absolute atomic E-state index is 0.169. The van der Waals surface area contributed by atoms with E-state index < -0.39 is 0 Å². The minimum atomic E-state index is 0.169. The Balaban J connectivity index is 1.91. The molecule has 0 spiro atoms. The second-order valence-electron chi connectivity index (χ2n) is 6.27. The summed E-state index contributed by atoms with van der Waals surface area (Å²) in [6, 6.07) is 17.2. The van der Waals surface area contributed by atoms with Crippen molar-refractivity contribution in [2.45, 2.75) is 17.4 Å². The molecule has 0 saturated heterocycles. The highest BCUT2D eigenvalue weighted by molar-refractivity contribution is 9.09. The number of benzene rings is 2. The number of para-hydroxylation sites is 3. The van der Waals surface area contributed by atoms with Crippen LogP contribution in [-0.2, 0) is 6.54 Å². The first kappa shape index (κ1) is 16.2. The van der Waals surface area contributed by atoms with E-state index in [4.69, 9.17) is 0 Å². The zero-order valence-corrected chi connectivity index (χ0v) is 15.6. The van der Waals surface area contributed by atoms with Gasteiger partial charge in [0.15, 0.2) is 11.0 Å². The number of nitrogens with one attached hydrogen (secondary N) is 1. The Labute approximate surface area is 156 Å². The first-order chi connectivity index (χ1) is 12.3. The first-order valence-corrected chi connectivity index (χ1v) is 9.39. The van der Waals surface area contributed by atoms with E-state index >= 15 is 0 Å². The van der Waals surface area contributed by atoms with Gasteiger partial charge in [0.25, 0.3) is 5.82 Å². The molecule has 2 atom stereocenters. The lowest BCUT2D eigenvalue weighted by atomic mass is 10.1. The molecule has 2 unspecified atom stereocenters. The third-order valence-electron chi connectivity index (χ3n) is 4.82. The van der Waals surface area contributed by atoms with Gasteiger partial charge in [0.05, 0.1) is 4.83 Å². The summed E-state index contributed by atoms with van der Waals surface area (Å²) in [4.78, 5) is 6.28. The van der Waals surface area contributed by atoms with Gasteiger partial charge in [-0.05, 0) is 23.8 Å². The summed E-state index contributed by atoms with van der Waals surface area (Å²) in [5.41, 5.74) is 4.93. The summed E-state index contributed by atoms with van der Waals surface area (Å²) >= 11 is 3.96. The topological polar surface area (TPSA) is 22.9 Å². The zero-order valence-electron chi connectivity index (χ0n) is 14.0. The van der Waals surface area contributed by atoms with Crippen LogP contribution in [-0.4, -0.2) is 11.5 Å². The lowest BCUT2D eigenvalue weighted by Crippen LogP contribution is -2.42. The van der Waals surface area contributed by atoms with Crippen molar-refractivity contribution in [2.24, 2.45) is 0 Å². The van der Waals surface area contributed by atoms with E-state index in [1.54, 1.807) is 0 Å². The Morgan fingerprint density at radius 2 is 1.84 bits per heavy atom. The van der Waals surface area contributed by atoms with Crippen LogP contribution < -0.4 is 9.47 Å². The molecular formula is C21H21BrN3+. The second kappa shape index (κ2) is 6.52. The second-order valence-corrected chi connectivity index (χ2v) is 7.26. The summed E-state index contributed by atoms with van der Waals surface area (Å²) < 4.78 is 2.32. The standard InChI is InChI=1S/C21H20BrN3/c1-3-13-24-17-11-7-5-9-15(17)19(22)20(24)21-23-16-10-6-8-12-18(16)25(21)14-4-2/h3-12,19-20H,1-2,13-14H2/p+1. The molecular weight excluding hydrogens is 374 g/mol. The summed E-state index contributed by atoms with van der Waals surface area (Å²) in [6.07, 6.45) is 3.92. The van der Waals surface area contributed by atoms with E-state index in [9.17, 15) is 0 Å². The molecule has 1 aromatic heterocycles. The van der Waals surface area contributed by atoms with Crippen molar-refractivity contribution in [3.05, 3.63) is 85.2 Å². The van der Waals surface area contributed by atoms with Crippen LogP contribution in [0.4, 0.5) is 5.69 Å². The molecule has 1 aliphatic rings. The van der Waals surface area contributed by atoms with Gasteiger partial charge in [-0.25, -0.2) is 9.55 Å². The van der Waals surface area contributed by atoms with Crippen LogP contribution in [0.15, 0.2) is 73.8 Å². The minimum Gasteiger partial charge on any atom is -0.352 e. The molecule has 25 heavy (non-hydrogen) atoms. The lowest BCUT2D eigenvalue weighted by Gasteiger charge is -2.25. The monoisotopic (exact) mass is 394 g/mol. The van der Waals surface area contributed by atoms with Crippen molar-refractivity contribution in [1.29, 1.82) is 0 Å². The van der Waals surface area contributed by atoms with Gasteiger partial charge < -0.3 is 4.90 Å². The molecule has 0 saturated carbocycles. The highest BCUT2D eigenvalue weighted by atomic mass is 79.9. The van der Waals surface area contributed by atoms with Gasteiger partial charge in [0.1, 0.15) is 12.6 Å². The van der Waals surface area contributed by atoms with E-state index in [2.05, 4.69) is 92.1 Å². The van der Waals surface area contributed by atoms with Crippen LogP contribution in [0.1, 0.15) is 22.3 Å². The van der Waals surface area contributed by atoms with Crippen molar-refractivity contribution in [2.75, 3.05) is 11.4 Å². The number of nitrogens with zero attached hydrogens (tertiary/aromatic N) is 2. The van der Waals surface area contributed by atoms with Crippen molar-refractivity contribution in [3.63, 3.8) is 0 Å². The van der Waals surface area contributed by atoms with E-state index in [1.807, 2.05) is 12.2 Å². The van der Waals surface area contributed by atoms with Crippen LogP contribution in [0.3, 0.4) is 0 Å². The van der Waals surface area contributed by atoms with Gasteiger partial charge in [-0.15, -0.1) is 6.58 Å². The Hall–Kier alpha value is -2.33. The molecule has 0 amide bonds. The van der Waals surface area contributed by atoms with Crippen molar-refractivity contribution >= 4 is 32.7 Å². The molecule has 3 aromatic rings. The lowest BCUT2D eigenvalue weighted by molar-refractivity contribution is -0.669. The number of aromatic nitrogens is 2. The van der Waals surface area contributed by atoms with Crippen molar-refractivity contribution < 1.29 is 4.57 Å². The van der Waals surface area contributed by atoms with Crippen LogP contribution in [0, 0.1) is 0 Å². The molecule has 4 rings (SSSR count). The maximum Gasteiger partial charge on any atom is 0.280 e. The largest absolute Gasteiger partial charge is 0.352 e. The Bertz CT molecular complexity index is 943. The fourth-order valence-electron chi connectivity index (χ4n) is 3.81. The summed E-state index contributed by atoms with van der Waals surface area (Å²) in [6.45, 7) is 9.48. The van der Waals surface area contributed by atoms with E-state index in [0.717, 1.165) is 18.6 Å². The van der Waals surface area contributed by atoms with E-state index in [1.165, 1.54) is 22.6 Å². The number of aromatic amines is 1. The molecule has 2 aromatic carbocycles. The zero-order chi connectivity index (χ0) is 17.4. The van der Waals surface area contributed by atoms with Crippen LogP contribution in [0.5, 0.6) is 0 Å². The number of fused-ring (bicyclic) bond motifs is 2. The van der Waals surface area contributed by atoms with Crippen LogP contribution in [0.2, 0.25) is 0 Å². The summed E-state index contributed by atoms with van der Waals surface area (Å²) in [7, 11) is 0. The number of hydrogen-bond donors (Lipinski definition) is 1. The van der Waals surface area contributed by atoms with Crippen molar-refractivity contribution in [3.8, 4) is 0 Å².